The van der Waals surface area contributed by atoms with E-state index in [0.29, 0.717) is 40.3 Å². The molecule has 0 saturated carbocycles. The second-order valence-electron chi connectivity index (χ2n) is 3.15. The Bertz CT molecular complexity index is 499. The van der Waals surface area contributed by atoms with Crippen molar-refractivity contribution in [2.24, 2.45) is 5.73 Å². The number of aromatic nitrogens is 2. The highest BCUT2D eigenvalue weighted by Gasteiger charge is 2.12. The molecule has 0 spiro atoms. The Labute approximate surface area is 102 Å². The second kappa shape index (κ2) is 4.82. The van der Waals surface area contributed by atoms with E-state index in [1.54, 1.807) is 18.2 Å². The maximum absolute atomic E-state index is 6.04. The summed E-state index contributed by atoms with van der Waals surface area (Å²) in [6, 6.07) is 5.27. The predicted octanol–water partition coefficient (Wildman–Crippen LogP) is 2.54. The van der Waals surface area contributed by atoms with Crippen molar-refractivity contribution in [2.75, 3.05) is 6.54 Å². The fraction of sp³-hybridized carbons (Fsp3) is 0.200. The van der Waals surface area contributed by atoms with E-state index in [9.17, 15) is 0 Å². The van der Waals surface area contributed by atoms with Crippen LogP contribution in [-0.4, -0.2) is 16.7 Å². The first-order valence-electron chi connectivity index (χ1n) is 4.69. The maximum Gasteiger partial charge on any atom is 0.228 e. The van der Waals surface area contributed by atoms with Crippen LogP contribution in [0.15, 0.2) is 22.7 Å². The fourth-order valence-corrected chi connectivity index (χ4v) is 1.65. The first-order chi connectivity index (χ1) is 7.72. The van der Waals surface area contributed by atoms with Gasteiger partial charge in [-0.2, -0.15) is 4.98 Å². The highest BCUT2D eigenvalue weighted by Crippen LogP contribution is 2.31. The zero-order chi connectivity index (χ0) is 11.5. The number of benzene rings is 1. The number of nitrogens with zero attached hydrogens (tertiary/aromatic N) is 2. The van der Waals surface area contributed by atoms with Crippen LogP contribution in [0.3, 0.4) is 0 Å². The quantitative estimate of drug-likeness (QED) is 0.918. The van der Waals surface area contributed by atoms with Gasteiger partial charge in [-0.15, -0.1) is 0 Å². The van der Waals surface area contributed by atoms with E-state index in [1.807, 2.05) is 0 Å². The van der Waals surface area contributed by atoms with Crippen molar-refractivity contribution in [3.63, 3.8) is 0 Å². The molecule has 4 nitrogen and oxygen atoms in total. The summed E-state index contributed by atoms with van der Waals surface area (Å²) < 4.78 is 5.01. The highest BCUT2D eigenvalue weighted by atomic mass is 35.5. The van der Waals surface area contributed by atoms with E-state index in [4.69, 9.17) is 33.5 Å². The zero-order valence-electron chi connectivity index (χ0n) is 8.28. The predicted molar refractivity (Wildman–Crippen MR) is 62.5 cm³/mol. The van der Waals surface area contributed by atoms with Crippen LogP contribution in [0, 0.1) is 0 Å². The monoisotopic (exact) mass is 257 g/mol. The lowest BCUT2D eigenvalue weighted by Gasteiger charge is -1.99. The average molecular weight is 258 g/mol. The van der Waals surface area contributed by atoms with Crippen LogP contribution in [0.5, 0.6) is 0 Å². The fourth-order valence-electron chi connectivity index (χ4n) is 1.27. The molecular formula is C10H9Cl2N3O. The van der Waals surface area contributed by atoms with E-state index in [1.165, 1.54) is 0 Å². The third-order valence-corrected chi connectivity index (χ3v) is 2.84. The highest BCUT2D eigenvalue weighted by molar-refractivity contribution is 6.43. The molecule has 0 saturated heterocycles. The third-order valence-electron chi connectivity index (χ3n) is 2.02. The Morgan fingerprint density at radius 1 is 1.31 bits per heavy atom. The lowest BCUT2D eigenvalue weighted by atomic mass is 10.2. The standard InChI is InChI=1S/C10H9Cl2N3O/c11-7-3-1-2-6(9(7)12)10-14-8(4-5-13)16-15-10/h1-3H,4-5,13H2. The molecule has 1 heterocycles. The largest absolute Gasteiger partial charge is 0.339 e. The van der Waals surface area contributed by atoms with Gasteiger partial charge in [-0.1, -0.05) is 34.4 Å². The number of hydrogen-bond acceptors (Lipinski definition) is 4. The Morgan fingerprint density at radius 3 is 2.88 bits per heavy atom. The molecule has 0 fully saturated rings. The van der Waals surface area contributed by atoms with Crippen LogP contribution >= 0.6 is 23.2 Å². The summed E-state index contributed by atoms with van der Waals surface area (Å²) in [6.45, 7) is 0.463. The molecule has 0 aliphatic carbocycles. The van der Waals surface area contributed by atoms with Crippen molar-refractivity contribution in [3.8, 4) is 11.4 Å². The maximum atomic E-state index is 6.04. The summed E-state index contributed by atoms with van der Waals surface area (Å²) in [5.41, 5.74) is 6.04. The molecule has 2 aromatic rings. The minimum Gasteiger partial charge on any atom is -0.339 e. The molecule has 0 unspecified atom stereocenters. The summed E-state index contributed by atoms with van der Waals surface area (Å²) in [7, 11) is 0. The summed E-state index contributed by atoms with van der Waals surface area (Å²) in [4.78, 5) is 4.17. The molecule has 16 heavy (non-hydrogen) atoms. The summed E-state index contributed by atoms with van der Waals surface area (Å²) in [5, 5.41) is 4.71. The first kappa shape index (κ1) is 11.4. The Morgan fingerprint density at radius 2 is 2.12 bits per heavy atom. The number of rotatable bonds is 3. The van der Waals surface area contributed by atoms with Gasteiger partial charge >= 0.3 is 0 Å². The van der Waals surface area contributed by atoms with Gasteiger partial charge in [-0.3, -0.25) is 0 Å². The van der Waals surface area contributed by atoms with Crippen molar-refractivity contribution < 1.29 is 4.52 Å². The molecule has 84 valence electrons. The minimum atomic E-state index is 0.421. The van der Waals surface area contributed by atoms with Gasteiger partial charge in [0.15, 0.2) is 0 Å². The van der Waals surface area contributed by atoms with Crippen LogP contribution < -0.4 is 5.73 Å². The van der Waals surface area contributed by atoms with Gasteiger partial charge in [-0.05, 0) is 12.1 Å². The molecule has 0 aliphatic heterocycles. The lowest BCUT2D eigenvalue weighted by Crippen LogP contribution is -2.02. The van der Waals surface area contributed by atoms with Gasteiger partial charge in [-0.25, -0.2) is 0 Å². The Balaban J connectivity index is 2.39. The summed E-state index contributed by atoms with van der Waals surface area (Å²) in [6.07, 6.45) is 0.547. The van der Waals surface area contributed by atoms with Gasteiger partial charge in [0.1, 0.15) is 0 Å². The topological polar surface area (TPSA) is 64.9 Å². The van der Waals surface area contributed by atoms with Crippen LogP contribution in [0.25, 0.3) is 11.4 Å². The van der Waals surface area contributed by atoms with E-state index < -0.39 is 0 Å². The van der Waals surface area contributed by atoms with Crippen molar-refractivity contribution in [2.45, 2.75) is 6.42 Å². The molecule has 0 atom stereocenters. The van der Waals surface area contributed by atoms with E-state index in [2.05, 4.69) is 10.1 Å². The van der Waals surface area contributed by atoms with Gasteiger partial charge in [0.25, 0.3) is 0 Å². The molecule has 1 aromatic heterocycles. The van der Waals surface area contributed by atoms with Gasteiger partial charge in [0.2, 0.25) is 11.7 Å². The zero-order valence-corrected chi connectivity index (χ0v) is 9.79. The lowest BCUT2D eigenvalue weighted by molar-refractivity contribution is 0.380. The van der Waals surface area contributed by atoms with Crippen LogP contribution in [-0.2, 0) is 6.42 Å². The molecule has 2 N–H and O–H groups in total. The molecular weight excluding hydrogens is 249 g/mol. The summed E-state index contributed by atoms with van der Waals surface area (Å²) >= 11 is 11.9. The number of nitrogens with two attached hydrogens (primary N) is 1. The van der Waals surface area contributed by atoms with Gasteiger partial charge < -0.3 is 10.3 Å². The van der Waals surface area contributed by atoms with Crippen molar-refractivity contribution in [1.29, 1.82) is 0 Å². The van der Waals surface area contributed by atoms with Crippen LogP contribution in [0.1, 0.15) is 5.89 Å². The smallest absolute Gasteiger partial charge is 0.228 e. The third kappa shape index (κ3) is 2.19. The first-order valence-corrected chi connectivity index (χ1v) is 5.45. The van der Waals surface area contributed by atoms with Crippen LogP contribution in [0.4, 0.5) is 0 Å². The Kier molecular flexibility index (Phi) is 3.43. The molecule has 0 radical (unpaired) electrons. The van der Waals surface area contributed by atoms with Gasteiger partial charge in [0.05, 0.1) is 10.0 Å². The molecule has 0 amide bonds. The molecule has 1 aromatic carbocycles. The van der Waals surface area contributed by atoms with Crippen LogP contribution in [0.2, 0.25) is 10.0 Å². The van der Waals surface area contributed by atoms with Crippen molar-refractivity contribution in [3.05, 3.63) is 34.1 Å². The van der Waals surface area contributed by atoms with E-state index >= 15 is 0 Å². The summed E-state index contributed by atoms with van der Waals surface area (Å²) in [5.74, 6) is 0.921. The molecule has 0 aliphatic rings. The minimum absolute atomic E-state index is 0.421. The van der Waals surface area contributed by atoms with E-state index in [-0.39, 0.29) is 0 Å². The average Bonchev–Trinajstić information content (AvgIpc) is 2.71. The number of hydrogen-bond donors (Lipinski definition) is 1. The van der Waals surface area contributed by atoms with Crippen molar-refractivity contribution in [1.82, 2.24) is 10.1 Å². The molecule has 6 heteroatoms. The molecule has 2 rings (SSSR count). The normalized spacial score (nSPS) is 10.7. The van der Waals surface area contributed by atoms with Crippen molar-refractivity contribution >= 4 is 23.2 Å². The molecule has 0 bridgehead atoms. The second-order valence-corrected chi connectivity index (χ2v) is 3.94. The Hall–Kier alpha value is -1.10. The number of halogens is 2. The SMILES string of the molecule is NCCc1nc(-c2cccc(Cl)c2Cl)no1. The van der Waals surface area contributed by atoms with E-state index in [0.717, 1.165) is 0 Å². The van der Waals surface area contributed by atoms with Gasteiger partial charge in [0, 0.05) is 18.5 Å².